The molecule has 39 heavy (non-hydrogen) atoms. The Bertz CT molecular complexity index is 1360. The van der Waals surface area contributed by atoms with E-state index >= 15 is 0 Å². The zero-order valence-corrected chi connectivity index (χ0v) is 22.6. The minimum atomic E-state index is -1.00. The van der Waals surface area contributed by atoms with E-state index in [2.05, 4.69) is 10.4 Å². The standard InChI is InChI=1S/C30H34N4O5/c1-19-24(17-33(3)32-19)28(29(36)31-22-9-5-4-6-10-22)34(23-15-13-21(14-16-23)20(2)35)30(37)27-18-38-25-11-7-8-12-26(25)39-27/h7-8,11-17,22,27-28H,4-6,9-10,18H2,1-3H3,(H,31,36). The van der Waals surface area contributed by atoms with Crippen LogP contribution in [0, 0.1) is 6.92 Å². The molecule has 2 heterocycles. The molecule has 0 radical (unpaired) electrons. The van der Waals surface area contributed by atoms with Gasteiger partial charge < -0.3 is 14.8 Å². The number of carbonyl (C=O) groups excluding carboxylic acids is 3. The summed E-state index contributed by atoms with van der Waals surface area (Å²) in [5, 5.41) is 7.69. The summed E-state index contributed by atoms with van der Waals surface area (Å²) in [6, 6.07) is 12.9. The van der Waals surface area contributed by atoms with Gasteiger partial charge in [-0.15, -0.1) is 0 Å². The van der Waals surface area contributed by atoms with E-state index in [4.69, 9.17) is 9.47 Å². The van der Waals surface area contributed by atoms with Crippen LogP contribution in [0.2, 0.25) is 0 Å². The molecule has 3 aromatic rings. The molecule has 5 rings (SSSR count). The summed E-state index contributed by atoms with van der Waals surface area (Å²) < 4.78 is 13.6. The molecule has 2 aliphatic rings. The fraction of sp³-hybridized carbons (Fsp3) is 0.400. The number of para-hydroxylation sites is 2. The van der Waals surface area contributed by atoms with E-state index in [1.165, 1.54) is 11.8 Å². The molecule has 2 unspecified atom stereocenters. The largest absolute Gasteiger partial charge is 0.485 e. The van der Waals surface area contributed by atoms with Gasteiger partial charge in [-0.25, -0.2) is 0 Å². The molecule has 9 nitrogen and oxygen atoms in total. The third-order valence-electron chi connectivity index (χ3n) is 7.38. The lowest BCUT2D eigenvalue weighted by Crippen LogP contribution is -2.52. The highest BCUT2D eigenvalue weighted by Gasteiger charge is 2.41. The van der Waals surface area contributed by atoms with Crippen LogP contribution >= 0.6 is 0 Å². The molecule has 1 aliphatic carbocycles. The van der Waals surface area contributed by atoms with Gasteiger partial charge in [-0.05, 0) is 63.1 Å². The maximum Gasteiger partial charge on any atom is 0.272 e. The number of Topliss-reactive ketones (excluding diaryl/α,β-unsaturated/α-hetero) is 1. The van der Waals surface area contributed by atoms with Gasteiger partial charge in [-0.2, -0.15) is 5.10 Å². The number of ketones is 1. The lowest BCUT2D eigenvalue weighted by molar-refractivity contribution is -0.132. The van der Waals surface area contributed by atoms with E-state index < -0.39 is 18.1 Å². The maximum atomic E-state index is 14.3. The summed E-state index contributed by atoms with van der Waals surface area (Å²) in [6.45, 7) is 3.32. The first kappa shape index (κ1) is 26.5. The summed E-state index contributed by atoms with van der Waals surface area (Å²) >= 11 is 0. The summed E-state index contributed by atoms with van der Waals surface area (Å²) in [6.07, 6.45) is 5.88. The fourth-order valence-electron chi connectivity index (χ4n) is 5.37. The summed E-state index contributed by atoms with van der Waals surface area (Å²) in [4.78, 5) is 41.8. The molecule has 0 saturated heterocycles. The summed E-state index contributed by atoms with van der Waals surface area (Å²) in [7, 11) is 1.79. The second-order valence-corrected chi connectivity index (χ2v) is 10.3. The van der Waals surface area contributed by atoms with Crippen molar-refractivity contribution in [1.82, 2.24) is 15.1 Å². The second-order valence-electron chi connectivity index (χ2n) is 10.3. The van der Waals surface area contributed by atoms with Crippen LogP contribution < -0.4 is 19.7 Å². The number of fused-ring (bicyclic) bond motifs is 1. The molecular weight excluding hydrogens is 496 g/mol. The normalized spacial score (nSPS) is 17.8. The van der Waals surface area contributed by atoms with Gasteiger partial charge in [0.05, 0.1) is 5.69 Å². The number of nitrogens with zero attached hydrogens (tertiary/aromatic N) is 3. The van der Waals surface area contributed by atoms with Gasteiger partial charge in [0.15, 0.2) is 17.3 Å². The first-order valence-electron chi connectivity index (χ1n) is 13.4. The van der Waals surface area contributed by atoms with Crippen LogP contribution in [0.1, 0.15) is 66.7 Å². The number of hydrogen-bond acceptors (Lipinski definition) is 6. The number of aromatic nitrogens is 2. The zero-order chi connectivity index (χ0) is 27.5. The SMILES string of the molecule is CC(=O)c1ccc(N(C(=O)C2COc3ccccc3O2)C(C(=O)NC2CCCCC2)c2cn(C)nc2C)cc1. The van der Waals surface area contributed by atoms with Gasteiger partial charge >= 0.3 is 0 Å². The quantitative estimate of drug-likeness (QED) is 0.457. The molecule has 1 fully saturated rings. The lowest BCUT2D eigenvalue weighted by atomic mass is 9.94. The first-order valence-corrected chi connectivity index (χ1v) is 13.4. The number of anilines is 1. The van der Waals surface area contributed by atoms with E-state index in [1.54, 1.807) is 54.3 Å². The van der Waals surface area contributed by atoms with E-state index in [0.717, 1.165) is 32.1 Å². The van der Waals surface area contributed by atoms with Gasteiger partial charge in [-0.1, -0.05) is 31.4 Å². The smallest absolute Gasteiger partial charge is 0.272 e. The van der Waals surface area contributed by atoms with Crippen molar-refractivity contribution >= 4 is 23.3 Å². The van der Waals surface area contributed by atoms with Gasteiger partial charge in [0.25, 0.3) is 5.91 Å². The number of amides is 2. The van der Waals surface area contributed by atoms with Crippen molar-refractivity contribution < 1.29 is 23.9 Å². The van der Waals surface area contributed by atoms with Crippen molar-refractivity contribution in [3.8, 4) is 11.5 Å². The van der Waals surface area contributed by atoms with Crippen LogP contribution in [-0.4, -0.2) is 46.1 Å². The third-order valence-corrected chi connectivity index (χ3v) is 7.38. The number of nitrogens with one attached hydrogen (secondary N) is 1. The predicted octanol–water partition coefficient (Wildman–Crippen LogP) is 4.29. The molecule has 204 valence electrons. The Balaban J connectivity index is 1.57. The lowest BCUT2D eigenvalue weighted by Gasteiger charge is -2.36. The van der Waals surface area contributed by atoms with E-state index in [0.29, 0.717) is 34.0 Å². The Hall–Kier alpha value is -4.14. The molecule has 2 amide bonds. The molecule has 1 aromatic heterocycles. The highest BCUT2D eigenvalue weighted by atomic mass is 16.6. The maximum absolute atomic E-state index is 14.3. The van der Waals surface area contributed by atoms with Gasteiger partial charge in [0, 0.05) is 36.1 Å². The first-order chi connectivity index (χ1) is 18.8. The van der Waals surface area contributed by atoms with Crippen molar-refractivity contribution in [2.24, 2.45) is 7.05 Å². The number of rotatable bonds is 7. The van der Waals surface area contributed by atoms with Crippen LogP contribution in [0.25, 0.3) is 0 Å². The Morgan fingerprint density at radius 1 is 1.03 bits per heavy atom. The van der Waals surface area contributed by atoms with E-state index in [9.17, 15) is 14.4 Å². The molecule has 1 N–H and O–H groups in total. The monoisotopic (exact) mass is 530 g/mol. The van der Waals surface area contributed by atoms with Crippen LogP contribution in [0.4, 0.5) is 5.69 Å². The molecule has 2 aromatic carbocycles. The zero-order valence-electron chi connectivity index (χ0n) is 22.6. The van der Waals surface area contributed by atoms with E-state index in [1.807, 2.05) is 19.1 Å². The molecule has 9 heteroatoms. The van der Waals surface area contributed by atoms with Gasteiger partial charge in [0.1, 0.15) is 12.6 Å². The number of ether oxygens (including phenoxy) is 2. The third kappa shape index (κ3) is 5.67. The second kappa shape index (κ2) is 11.3. The topological polar surface area (TPSA) is 103 Å². The highest BCUT2D eigenvalue weighted by molar-refractivity contribution is 6.04. The van der Waals surface area contributed by atoms with Crippen LogP contribution in [0.15, 0.2) is 54.7 Å². The summed E-state index contributed by atoms with van der Waals surface area (Å²) in [5.74, 6) is 0.240. The number of hydrogen-bond donors (Lipinski definition) is 1. The fourth-order valence-corrected chi connectivity index (χ4v) is 5.37. The van der Waals surface area contributed by atoms with Crippen molar-refractivity contribution in [3.63, 3.8) is 0 Å². The van der Waals surface area contributed by atoms with Gasteiger partial charge in [-0.3, -0.25) is 24.0 Å². The molecule has 0 spiro atoms. The van der Waals surface area contributed by atoms with E-state index in [-0.39, 0.29) is 24.3 Å². The Kier molecular flexibility index (Phi) is 7.67. The number of carbonyl (C=O) groups is 3. The Morgan fingerprint density at radius 2 is 1.72 bits per heavy atom. The molecule has 0 bridgehead atoms. The van der Waals surface area contributed by atoms with Crippen molar-refractivity contribution in [2.75, 3.05) is 11.5 Å². The van der Waals surface area contributed by atoms with Crippen LogP contribution in [0.5, 0.6) is 11.5 Å². The van der Waals surface area contributed by atoms with Crippen molar-refractivity contribution in [3.05, 3.63) is 71.5 Å². The predicted molar refractivity (Wildman–Crippen MR) is 146 cm³/mol. The van der Waals surface area contributed by atoms with Gasteiger partial charge in [0.2, 0.25) is 12.0 Å². The average molecular weight is 531 g/mol. The Morgan fingerprint density at radius 3 is 2.36 bits per heavy atom. The minimum absolute atomic E-state index is 0.000855. The van der Waals surface area contributed by atoms with Crippen molar-refractivity contribution in [1.29, 1.82) is 0 Å². The number of aryl methyl sites for hydroxylation is 2. The number of benzene rings is 2. The molecule has 2 atom stereocenters. The summed E-state index contributed by atoms with van der Waals surface area (Å²) in [5.41, 5.74) is 2.25. The van der Waals surface area contributed by atoms with Crippen LogP contribution in [0.3, 0.4) is 0 Å². The van der Waals surface area contributed by atoms with Crippen molar-refractivity contribution in [2.45, 2.75) is 64.1 Å². The molecule has 1 saturated carbocycles. The average Bonchev–Trinajstić information content (AvgIpc) is 3.28. The molecular formula is C30H34N4O5. The molecule has 1 aliphatic heterocycles. The van der Waals surface area contributed by atoms with Crippen LogP contribution in [-0.2, 0) is 16.6 Å². The highest BCUT2D eigenvalue weighted by Crippen LogP contribution is 2.35. The minimum Gasteiger partial charge on any atom is -0.485 e. The Labute approximate surface area is 228 Å².